The van der Waals surface area contributed by atoms with Gasteiger partial charge in [0.1, 0.15) is 0 Å². The first-order valence-electron chi connectivity index (χ1n) is 7.61. The number of carboxylic acid groups (broad SMARTS) is 1. The summed E-state index contributed by atoms with van der Waals surface area (Å²) in [5.74, 6) is -0.619. The summed E-state index contributed by atoms with van der Waals surface area (Å²) in [5, 5.41) is 9.85. The van der Waals surface area contributed by atoms with E-state index in [0.29, 0.717) is 6.61 Å². The molecule has 0 fully saturated rings. The lowest BCUT2D eigenvalue weighted by Gasteiger charge is -2.41. The zero-order valence-electron chi connectivity index (χ0n) is 13.2. The number of aliphatic carboxylic acids is 1. The number of hydrogen-bond acceptors (Lipinski definition) is 2. The molecule has 0 aliphatic heterocycles. The highest BCUT2D eigenvalue weighted by atomic mass is 16.5. The van der Waals surface area contributed by atoms with Crippen molar-refractivity contribution in [3.63, 3.8) is 0 Å². The summed E-state index contributed by atoms with van der Waals surface area (Å²) in [7, 11) is 1.67. The highest BCUT2D eigenvalue weighted by Gasteiger charge is 2.48. The third-order valence-electron chi connectivity index (χ3n) is 4.46. The van der Waals surface area contributed by atoms with Gasteiger partial charge in [-0.15, -0.1) is 0 Å². The highest BCUT2D eigenvalue weighted by Crippen LogP contribution is 2.47. The Bertz CT molecular complexity index is 382. The molecule has 3 heteroatoms. The first-order chi connectivity index (χ1) is 9.50. The van der Waals surface area contributed by atoms with Crippen LogP contribution in [0.1, 0.15) is 46.5 Å². The third kappa shape index (κ3) is 3.32. The van der Waals surface area contributed by atoms with Crippen LogP contribution in [0.5, 0.6) is 0 Å². The van der Waals surface area contributed by atoms with Crippen molar-refractivity contribution in [1.82, 2.24) is 0 Å². The first-order valence-corrected chi connectivity index (χ1v) is 7.61. The fourth-order valence-electron chi connectivity index (χ4n) is 3.23. The monoisotopic (exact) mass is 280 g/mol. The number of unbranched alkanes of at least 4 members (excludes halogenated alkanes) is 1. The average molecular weight is 280 g/mol. The number of allylic oxidation sites excluding steroid dienone is 3. The Labute approximate surface area is 122 Å². The summed E-state index contributed by atoms with van der Waals surface area (Å²) in [6, 6.07) is 0. The number of ether oxygens (including phenoxy) is 1. The maximum atomic E-state index is 12.0. The predicted molar refractivity (Wildman–Crippen MR) is 81.6 cm³/mol. The fraction of sp³-hybridized carbons (Fsp3) is 0.706. The Morgan fingerprint density at radius 1 is 1.50 bits per heavy atom. The maximum absolute atomic E-state index is 12.0. The fourth-order valence-corrected chi connectivity index (χ4v) is 3.23. The zero-order valence-corrected chi connectivity index (χ0v) is 13.2. The van der Waals surface area contributed by atoms with E-state index in [9.17, 15) is 9.90 Å². The molecule has 0 heterocycles. The van der Waals surface area contributed by atoms with Crippen molar-refractivity contribution in [3.05, 3.63) is 23.8 Å². The van der Waals surface area contributed by atoms with E-state index in [0.717, 1.165) is 25.7 Å². The van der Waals surface area contributed by atoms with Gasteiger partial charge in [-0.05, 0) is 25.2 Å². The van der Waals surface area contributed by atoms with Crippen molar-refractivity contribution in [3.8, 4) is 0 Å². The molecule has 0 bridgehead atoms. The molecule has 1 rings (SSSR count). The largest absolute Gasteiger partial charge is 0.481 e. The minimum Gasteiger partial charge on any atom is -0.481 e. The van der Waals surface area contributed by atoms with Crippen LogP contribution in [-0.2, 0) is 9.53 Å². The predicted octanol–water partition coefficient (Wildman–Crippen LogP) is 4.05. The highest BCUT2D eigenvalue weighted by molar-refractivity contribution is 5.79. The second-order valence-corrected chi connectivity index (χ2v) is 5.93. The molecule has 2 unspecified atom stereocenters. The van der Waals surface area contributed by atoms with Gasteiger partial charge >= 0.3 is 5.97 Å². The number of hydrogen-bond donors (Lipinski definition) is 1. The van der Waals surface area contributed by atoms with E-state index in [2.05, 4.69) is 13.0 Å². The van der Waals surface area contributed by atoms with Crippen LogP contribution in [0.3, 0.4) is 0 Å². The summed E-state index contributed by atoms with van der Waals surface area (Å²) in [5.41, 5.74) is 0.471. The van der Waals surface area contributed by atoms with Crippen molar-refractivity contribution in [1.29, 1.82) is 0 Å². The van der Waals surface area contributed by atoms with Gasteiger partial charge in [-0.1, -0.05) is 51.0 Å². The van der Waals surface area contributed by atoms with Gasteiger partial charge in [-0.3, -0.25) is 4.79 Å². The van der Waals surface area contributed by atoms with Crippen LogP contribution in [0.15, 0.2) is 23.8 Å². The second kappa shape index (κ2) is 7.63. The molecule has 2 atom stereocenters. The van der Waals surface area contributed by atoms with Crippen LogP contribution in [0, 0.1) is 17.3 Å². The molecule has 0 aromatic carbocycles. The molecule has 1 aliphatic rings. The summed E-state index contributed by atoms with van der Waals surface area (Å²) in [6.45, 7) is 6.77. The van der Waals surface area contributed by atoms with Gasteiger partial charge in [0, 0.05) is 19.6 Å². The molecule has 0 aromatic heterocycles. The van der Waals surface area contributed by atoms with Gasteiger partial charge in [-0.2, -0.15) is 0 Å². The molecule has 20 heavy (non-hydrogen) atoms. The summed E-state index contributed by atoms with van der Waals surface area (Å²) in [4.78, 5) is 12.0. The van der Waals surface area contributed by atoms with Crippen molar-refractivity contribution < 1.29 is 14.6 Å². The number of carbonyl (C=O) groups is 1. The van der Waals surface area contributed by atoms with Crippen LogP contribution in [0.25, 0.3) is 0 Å². The third-order valence-corrected chi connectivity index (χ3v) is 4.46. The van der Waals surface area contributed by atoms with Gasteiger partial charge in [0.25, 0.3) is 0 Å². The van der Waals surface area contributed by atoms with Gasteiger partial charge in [0.05, 0.1) is 5.41 Å². The average Bonchev–Trinajstić information content (AvgIpc) is 2.42. The van der Waals surface area contributed by atoms with Crippen LogP contribution in [0.4, 0.5) is 0 Å². The van der Waals surface area contributed by atoms with E-state index in [1.165, 1.54) is 5.57 Å². The smallest absolute Gasteiger partial charge is 0.314 e. The van der Waals surface area contributed by atoms with Gasteiger partial charge in [0.2, 0.25) is 0 Å². The normalized spacial score (nSPS) is 25.9. The molecule has 0 amide bonds. The molecular weight excluding hydrogens is 252 g/mol. The zero-order chi connectivity index (χ0) is 15.2. The quantitative estimate of drug-likeness (QED) is 0.729. The summed E-state index contributed by atoms with van der Waals surface area (Å²) in [6.07, 6.45) is 9.91. The Morgan fingerprint density at radius 2 is 2.20 bits per heavy atom. The Hall–Kier alpha value is -1.09. The van der Waals surface area contributed by atoms with E-state index in [1.54, 1.807) is 7.11 Å². The second-order valence-electron chi connectivity index (χ2n) is 5.93. The van der Waals surface area contributed by atoms with Gasteiger partial charge in [0.15, 0.2) is 0 Å². The van der Waals surface area contributed by atoms with Crippen LogP contribution in [-0.4, -0.2) is 24.8 Å². The molecule has 114 valence electrons. The van der Waals surface area contributed by atoms with E-state index in [-0.39, 0.29) is 11.8 Å². The number of rotatable bonds is 8. The standard InChI is InChI=1S/C17H28O3/c1-5-6-8-14-9-7-11-17(13(2)3,16(18)19)15(14)10-12-20-4/h7,9,11,13,15H,5-6,8,10,12H2,1-4H3,(H,18,19). The van der Waals surface area contributed by atoms with Gasteiger partial charge < -0.3 is 9.84 Å². The molecule has 0 saturated heterocycles. The minimum atomic E-state index is -0.795. The molecule has 3 nitrogen and oxygen atoms in total. The minimum absolute atomic E-state index is 0.0384. The molecular formula is C17H28O3. The van der Waals surface area contributed by atoms with Gasteiger partial charge in [-0.25, -0.2) is 0 Å². The topological polar surface area (TPSA) is 46.5 Å². The summed E-state index contributed by atoms with van der Waals surface area (Å²) >= 11 is 0. The van der Waals surface area contributed by atoms with Crippen LogP contribution < -0.4 is 0 Å². The van der Waals surface area contributed by atoms with E-state index >= 15 is 0 Å². The molecule has 1 aliphatic carbocycles. The van der Waals surface area contributed by atoms with Crippen molar-refractivity contribution >= 4 is 5.97 Å². The summed E-state index contributed by atoms with van der Waals surface area (Å²) < 4.78 is 5.21. The molecule has 0 spiro atoms. The lowest BCUT2D eigenvalue weighted by molar-refractivity contribution is -0.151. The Balaban J connectivity index is 3.11. The Kier molecular flexibility index (Phi) is 6.47. The van der Waals surface area contributed by atoms with Crippen LogP contribution in [0.2, 0.25) is 0 Å². The van der Waals surface area contributed by atoms with Crippen LogP contribution >= 0.6 is 0 Å². The van der Waals surface area contributed by atoms with E-state index in [1.807, 2.05) is 26.0 Å². The Morgan fingerprint density at radius 3 is 2.70 bits per heavy atom. The lowest BCUT2D eigenvalue weighted by atomic mass is 9.61. The molecule has 0 radical (unpaired) electrons. The first kappa shape index (κ1) is 17.0. The van der Waals surface area contributed by atoms with E-state index < -0.39 is 11.4 Å². The molecule has 0 saturated carbocycles. The lowest BCUT2D eigenvalue weighted by Crippen LogP contribution is -2.44. The number of carboxylic acids is 1. The van der Waals surface area contributed by atoms with Crippen molar-refractivity contribution in [2.75, 3.05) is 13.7 Å². The number of methoxy groups -OCH3 is 1. The molecule has 1 N–H and O–H groups in total. The maximum Gasteiger partial charge on any atom is 0.314 e. The van der Waals surface area contributed by atoms with Crippen molar-refractivity contribution in [2.24, 2.45) is 17.3 Å². The SMILES string of the molecule is CCCCC1=CC=CC(C(=O)O)(C(C)C)C1CCOC. The van der Waals surface area contributed by atoms with E-state index in [4.69, 9.17) is 4.74 Å². The van der Waals surface area contributed by atoms with Crippen molar-refractivity contribution in [2.45, 2.75) is 46.5 Å². The molecule has 0 aromatic rings.